The van der Waals surface area contributed by atoms with Gasteiger partial charge in [-0.05, 0) is 95.0 Å². The molecule has 0 N–H and O–H groups in total. The maximum absolute atomic E-state index is 13.0. The molecule has 0 spiro atoms. The third-order valence-electron chi connectivity index (χ3n) is 8.77. The Morgan fingerprint density at radius 2 is 1.60 bits per heavy atom. The van der Waals surface area contributed by atoms with Crippen molar-refractivity contribution in [2.75, 3.05) is 0 Å². The molecule has 7 unspecified atom stereocenters. The number of fused-ring (bicyclic) bond motifs is 11. The summed E-state index contributed by atoms with van der Waals surface area (Å²) in [5.41, 5.74) is 0. The molecule has 0 heterocycles. The molecule has 30 heavy (non-hydrogen) atoms. The molecule has 4 aliphatic rings. The summed E-state index contributed by atoms with van der Waals surface area (Å²) >= 11 is 0. The maximum Gasteiger partial charge on any atom is 0.311 e. The van der Waals surface area contributed by atoms with Crippen molar-refractivity contribution in [3.05, 3.63) is 66.7 Å². The van der Waals surface area contributed by atoms with Gasteiger partial charge in [0.1, 0.15) is 5.75 Å². The minimum Gasteiger partial charge on any atom is -0.426 e. The number of esters is 1. The van der Waals surface area contributed by atoms with Crippen molar-refractivity contribution in [3.8, 4) is 5.75 Å². The lowest BCUT2D eigenvalue weighted by Gasteiger charge is -2.36. The maximum atomic E-state index is 13.0. The van der Waals surface area contributed by atoms with E-state index in [4.69, 9.17) is 4.74 Å². The predicted octanol–water partition coefficient (Wildman–Crippen LogP) is 6.38. The van der Waals surface area contributed by atoms with Crippen LogP contribution in [0.3, 0.4) is 0 Å². The fraction of sp³-hybridized carbons (Fsp3) is 0.393. The third kappa shape index (κ3) is 2.40. The highest BCUT2D eigenvalue weighted by Crippen LogP contribution is 2.67. The summed E-state index contributed by atoms with van der Waals surface area (Å²) in [6.07, 6.45) is 9.50. The molecule has 4 bridgehead atoms. The largest absolute Gasteiger partial charge is 0.426 e. The van der Waals surface area contributed by atoms with E-state index in [2.05, 4.69) is 54.6 Å². The molecule has 3 aromatic carbocycles. The fourth-order valence-electron chi connectivity index (χ4n) is 7.79. The van der Waals surface area contributed by atoms with E-state index < -0.39 is 0 Å². The molecule has 0 amide bonds. The fourth-order valence-corrected chi connectivity index (χ4v) is 7.79. The molecule has 150 valence electrons. The highest BCUT2D eigenvalue weighted by Gasteiger charge is 2.60. The average molecular weight is 395 g/mol. The van der Waals surface area contributed by atoms with Gasteiger partial charge >= 0.3 is 5.97 Å². The summed E-state index contributed by atoms with van der Waals surface area (Å²) in [7, 11) is 0. The standard InChI is InChI=1S/C28H26O2/c29-26(15-21-12-22-14-24(21)28-20-9-8-19(11-20)27(22)28)30-25-7-3-6-18-10-16-4-1-2-5-17(16)13-23(18)25/h1-10,13,19-22,24,27-28H,11-12,14-15H2. The Hall–Kier alpha value is -2.61. The number of carbonyl (C=O) groups excluding carboxylic acids is 1. The molecule has 4 aliphatic carbocycles. The molecule has 7 atom stereocenters. The van der Waals surface area contributed by atoms with Crippen LogP contribution < -0.4 is 4.74 Å². The zero-order valence-corrected chi connectivity index (χ0v) is 17.0. The first-order chi connectivity index (χ1) is 14.7. The number of carbonyl (C=O) groups is 1. The predicted molar refractivity (Wildman–Crippen MR) is 119 cm³/mol. The van der Waals surface area contributed by atoms with E-state index in [0.717, 1.165) is 46.3 Å². The molecular formula is C28H26O2. The first kappa shape index (κ1) is 17.1. The molecule has 7 rings (SSSR count). The summed E-state index contributed by atoms with van der Waals surface area (Å²) in [5.74, 6) is 6.16. The van der Waals surface area contributed by atoms with Crippen LogP contribution in [-0.4, -0.2) is 5.97 Å². The van der Waals surface area contributed by atoms with Crippen molar-refractivity contribution in [1.82, 2.24) is 0 Å². The van der Waals surface area contributed by atoms with E-state index in [1.165, 1.54) is 30.0 Å². The Morgan fingerprint density at radius 3 is 2.47 bits per heavy atom. The van der Waals surface area contributed by atoms with Gasteiger partial charge in [-0.1, -0.05) is 48.6 Å². The molecule has 3 fully saturated rings. The number of hydrogen-bond acceptors (Lipinski definition) is 2. The smallest absolute Gasteiger partial charge is 0.311 e. The van der Waals surface area contributed by atoms with Crippen LogP contribution in [0.25, 0.3) is 21.5 Å². The van der Waals surface area contributed by atoms with Crippen molar-refractivity contribution in [2.45, 2.75) is 25.7 Å². The normalized spacial score (nSPS) is 35.4. The van der Waals surface area contributed by atoms with Gasteiger partial charge in [0.2, 0.25) is 0 Å². The third-order valence-corrected chi connectivity index (χ3v) is 8.77. The highest BCUT2D eigenvalue weighted by atomic mass is 16.5. The summed E-state index contributed by atoms with van der Waals surface area (Å²) < 4.78 is 5.97. The van der Waals surface area contributed by atoms with Gasteiger partial charge in [-0.15, -0.1) is 0 Å². The zero-order valence-electron chi connectivity index (χ0n) is 17.0. The van der Waals surface area contributed by atoms with E-state index in [1.807, 2.05) is 12.1 Å². The van der Waals surface area contributed by atoms with E-state index >= 15 is 0 Å². The number of rotatable bonds is 3. The monoisotopic (exact) mass is 394 g/mol. The van der Waals surface area contributed by atoms with Gasteiger partial charge in [0.05, 0.1) is 0 Å². The highest BCUT2D eigenvalue weighted by molar-refractivity contribution is 6.01. The average Bonchev–Trinajstić information content (AvgIpc) is 3.52. The van der Waals surface area contributed by atoms with Gasteiger partial charge < -0.3 is 4.74 Å². The van der Waals surface area contributed by atoms with Gasteiger partial charge in [-0.2, -0.15) is 0 Å². The van der Waals surface area contributed by atoms with Crippen LogP contribution in [-0.2, 0) is 4.79 Å². The molecular weight excluding hydrogens is 368 g/mol. The van der Waals surface area contributed by atoms with Crippen LogP contribution >= 0.6 is 0 Å². The number of hydrogen-bond donors (Lipinski definition) is 0. The lowest BCUT2D eigenvalue weighted by atomic mass is 9.69. The van der Waals surface area contributed by atoms with Gasteiger partial charge in [0.15, 0.2) is 0 Å². The van der Waals surface area contributed by atoms with Crippen LogP contribution in [0.1, 0.15) is 25.7 Å². The SMILES string of the molecule is O=C(CC1CC2CC1C1C3C=CC(C3)C21)Oc1cccc2cc3ccccc3cc12. The lowest BCUT2D eigenvalue weighted by molar-refractivity contribution is -0.136. The Balaban J connectivity index is 1.13. The van der Waals surface area contributed by atoms with E-state index in [0.29, 0.717) is 18.1 Å². The van der Waals surface area contributed by atoms with Gasteiger partial charge in [-0.3, -0.25) is 4.79 Å². The summed E-state index contributed by atoms with van der Waals surface area (Å²) in [4.78, 5) is 13.0. The summed E-state index contributed by atoms with van der Waals surface area (Å²) in [5, 5.41) is 4.54. The molecule has 0 aliphatic heterocycles. The minimum absolute atomic E-state index is 0.0524. The van der Waals surface area contributed by atoms with Gasteiger partial charge in [0, 0.05) is 11.8 Å². The van der Waals surface area contributed by atoms with Crippen molar-refractivity contribution < 1.29 is 9.53 Å². The van der Waals surface area contributed by atoms with E-state index in [-0.39, 0.29) is 5.97 Å². The van der Waals surface area contributed by atoms with Crippen molar-refractivity contribution in [2.24, 2.45) is 41.4 Å². The second kappa shape index (κ2) is 6.20. The van der Waals surface area contributed by atoms with Crippen molar-refractivity contribution in [1.29, 1.82) is 0 Å². The van der Waals surface area contributed by atoms with Gasteiger partial charge in [0.25, 0.3) is 0 Å². The first-order valence-electron chi connectivity index (χ1n) is 11.5. The van der Waals surface area contributed by atoms with Crippen molar-refractivity contribution in [3.63, 3.8) is 0 Å². The van der Waals surface area contributed by atoms with Crippen LogP contribution in [0.4, 0.5) is 0 Å². The number of benzene rings is 3. The summed E-state index contributed by atoms with van der Waals surface area (Å²) in [6.45, 7) is 0. The molecule has 2 heteroatoms. The zero-order chi connectivity index (χ0) is 19.8. The van der Waals surface area contributed by atoms with Crippen LogP contribution in [0.2, 0.25) is 0 Å². The minimum atomic E-state index is -0.0524. The second-order valence-corrected chi connectivity index (χ2v) is 10.1. The second-order valence-electron chi connectivity index (χ2n) is 10.1. The molecule has 0 aromatic heterocycles. The van der Waals surface area contributed by atoms with Crippen LogP contribution in [0.5, 0.6) is 5.75 Å². The molecule has 0 radical (unpaired) electrons. The van der Waals surface area contributed by atoms with Crippen LogP contribution in [0, 0.1) is 41.4 Å². The van der Waals surface area contributed by atoms with Crippen LogP contribution in [0.15, 0.2) is 66.7 Å². The molecule has 2 nitrogen and oxygen atoms in total. The molecule has 3 aromatic rings. The summed E-state index contributed by atoms with van der Waals surface area (Å²) in [6, 6.07) is 18.7. The quantitative estimate of drug-likeness (QED) is 0.169. The molecule has 3 saturated carbocycles. The number of allylic oxidation sites excluding steroid dienone is 2. The first-order valence-corrected chi connectivity index (χ1v) is 11.5. The van der Waals surface area contributed by atoms with E-state index in [1.54, 1.807) is 0 Å². The van der Waals surface area contributed by atoms with E-state index in [9.17, 15) is 4.79 Å². The van der Waals surface area contributed by atoms with Crippen molar-refractivity contribution >= 4 is 27.5 Å². The Bertz CT molecular complexity index is 1210. The lowest BCUT2D eigenvalue weighted by Crippen LogP contribution is -2.32. The Morgan fingerprint density at radius 1 is 0.833 bits per heavy atom. The Labute approximate surface area is 176 Å². The van der Waals surface area contributed by atoms with Gasteiger partial charge in [-0.25, -0.2) is 0 Å². The number of ether oxygens (including phenoxy) is 1. The Kier molecular flexibility index (Phi) is 3.53. The molecule has 0 saturated heterocycles. The topological polar surface area (TPSA) is 26.3 Å².